The number of aryl methyl sites for hydroxylation is 2. The lowest BCUT2D eigenvalue weighted by Crippen LogP contribution is -2.14. The first kappa shape index (κ1) is 23.1. The molecule has 0 spiro atoms. The molecule has 0 atom stereocenters. The molecule has 4 aromatic rings. The molecule has 34 heavy (non-hydrogen) atoms. The molecule has 1 N–H and O–H groups in total. The largest absolute Gasteiger partial charge is 0.308 e. The minimum atomic E-state index is -3.91. The predicted molar refractivity (Wildman–Crippen MR) is 132 cm³/mol. The Hall–Kier alpha value is -4.05. The van der Waals surface area contributed by atoms with E-state index in [9.17, 15) is 18.5 Å². The molecule has 0 amide bonds. The van der Waals surface area contributed by atoms with Crippen LogP contribution in [0.4, 0.5) is 17.3 Å². The zero-order chi connectivity index (χ0) is 24.3. The predicted octanol–water partition coefficient (Wildman–Crippen LogP) is 5.21. The standard InChI is InChI=1S/C24H23N5O4S/c1-3-14-28-23-7-5-4-6-22(23)26-24(28)25-16-18-15-19(29(30)31)10-13-21(18)27-34(32,33)20-11-8-17(2)9-12-20/h4-13,15-16,27H,3,14H2,1-2H3/b25-16+. The Morgan fingerprint density at radius 1 is 1.12 bits per heavy atom. The van der Waals surface area contributed by atoms with E-state index in [1.54, 1.807) is 12.1 Å². The van der Waals surface area contributed by atoms with Gasteiger partial charge in [-0.3, -0.25) is 14.8 Å². The number of hydrogen-bond acceptors (Lipinski definition) is 6. The van der Waals surface area contributed by atoms with Gasteiger partial charge in [0.05, 0.1) is 26.5 Å². The van der Waals surface area contributed by atoms with Crippen LogP contribution in [0.1, 0.15) is 24.5 Å². The summed E-state index contributed by atoms with van der Waals surface area (Å²) in [7, 11) is -3.91. The molecule has 0 aliphatic carbocycles. The van der Waals surface area contributed by atoms with Gasteiger partial charge in [-0.1, -0.05) is 36.8 Å². The van der Waals surface area contributed by atoms with Crippen molar-refractivity contribution in [2.45, 2.75) is 31.7 Å². The van der Waals surface area contributed by atoms with Crippen molar-refractivity contribution in [3.63, 3.8) is 0 Å². The number of sulfonamides is 1. The molecule has 174 valence electrons. The monoisotopic (exact) mass is 477 g/mol. The number of nitro groups is 1. The molecule has 0 bridgehead atoms. The summed E-state index contributed by atoms with van der Waals surface area (Å²) in [5.74, 6) is 0.432. The summed E-state index contributed by atoms with van der Waals surface area (Å²) in [6.45, 7) is 4.59. The van der Waals surface area contributed by atoms with E-state index < -0.39 is 14.9 Å². The molecule has 1 heterocycles. The maximum absolute atomic E-state index is 12.9. The van der Waals surface area contributed by atoms with E-state index in [1.807, 2.05) is 42.7 Å². The summed E-state index contributed by atoms with van der Waals surface area (Å²) in [6, 6.07) is 17.9. The van der Waals surface area contributed by atoms with Crippen LogP contribution in [-0.2, 0) is 16.6 Å². The lowest BCUT2D eigenvalue weighted by atomic mass is 10.2. The highest BCUT2D eigenvalue weighted by Crippen LogP contribution is 2.26. The third-order valence-electron chi connectivity index (χ3n) is 5.22. The van der Waals surface area contributed by atoms with Crippen molar-refractivity contribution in [3.05, 3.63) is 88.0 Å². The number of para-hydroxylation sites is 2. The first-order valence-corrected chi connectivity index (χ1v) is 12.1. The van der Waals surface area contributed by atoms with E-state index in [0.29, 0.717) is 12.5 Å². The van der Waals surface area contributed by atoms with Crippen LogP contribution in [0.5, 0.6) is 0 Å². The molecule has 10 heteroatoms. The van der Waals surface area contributed by atoms with Crippen LogP contribution < -0.4 is 4.72 Å². The van der Waals surface area contributed by atoms with E-state index in [0.717, 1.165) is 23.0 Å². The molecule has 0 aliphatic rings. The van der Waals surface area contributed by atoms with Crippen LogP contribution in [0.25, 0.3) is 11.0 Å². The number of anilines is 1. The van der Waals surface area contributed by atoms with Crippen LogP contribution in [0.15, 0.2) is 76.6 Å². The van der Waals surface area contributed by atoms with Crippen molar-refractivity contribution in [2.24, 2.45) is 4.99 Å². The number of benzene rings is 3. The lowest BCUT2D eigenvalue weighted by molar-refractivity contribution is -0.384. The van der Waals surface area contributed by atoms with Gasteiger partial charge in [-0.25, -0.2) is 18.4 Å². The molecule has 0 aliphatic heterocycles. The van der Waals surface area contributed by atoms with Gasteiger partial charge in [0.15, 0.2) is 0 Å². The van der Waals surface area contributed by atoms with Crippen molar-refractivity contribution in [1.29, 1.82) is 0 Å². The Labute approximate surface area is 197 Å². The van der Waals surface area contributed by atoms with Crippen molar-refractivity contribution in [1.82, 2.24) is 9.55 Å². The Balaban J connectivity index is 1.75. The van der Waals surface area contributed by atoms with Gasteiger partial charge in [0.2, 0.25) is 5.95 Å². The second kappa shape index (κ2) is 9.44. The van der Waals surface area contributed by atoms with E-state index in [1.165, 1.54) is 36.5 Å². The topological polar surface area (TPSA) is 119 Å². The molecular formula is C24H23N5O4S. The zero-order valence-electron chi connectivity index (χ0n) is 18.7. The third-order valence-corrected chi connectivity index (χ3v) is 6.60. The van der Waals surface area contributed by atoms with Gasteiger partial charge in [-0.05, 0) is 43.7 Å². The molecule has 3 aromatic carbocycles. The quantitative estimate of drug-likeness (QED) is 0.212. The number of fused-ring (bicyclic) bond motifs is 1. The summed E-state index contributed by atoms with van der Waals surface area (Å²) in [5, 5.41) is 11.3. The number of rotatable bonds is 8. The summed E-state index contributed by atoms with van der Waals surface area (Å²) in [4.78, 5) is 19.9. The molecule has 0 fully saturated rings. The van der Waals surface area contributed by atoms with E-state index in [2.05, 4.69) is 14.7 Å². The van der Waals surface area contributed by atoms with Crippen LogP contribution >= 0.6 is 0 Å². The minimum absolute atomic E-state index is 0.0871. The highest BCUT2D eigenvalue weighted by molar-refractivity contribution is 7.92. The molecule has 9 nitrogen and oxygen atoms in total. The Morgan fingerprint density at radius 3 is 2.56 bits per heavy atom. The van der Waals surface area contributed by atoms with E-state index >= 15 is 0 Å². The fourth-order valence-electron chi connectivity index (χ4n) is 3.52. The molecule has 0 radical (unpaired) electrons. The number of aromatic nitrogens is 2. The molecule has 1 aromatic heterocycles. The first-order valence-electron chi connectivity index (χ1n) is 10.7. The van der Waals surface area contributed by atoms with Gasteiger partial charge in [0.1, 0.15) is 0 Å². The smallest absolute Gasteiger partial charge is 0.270 e. The first-order chi connectivity index (χ1) is 16.3. The second-order valence-corrected chi connectivity index (χ2v) is 9.44. The maximum atomic E-state index is 12.9. The number of imidazole rings is 1. The van der Waals surface area contributed by atoms with Gasteiger partial charge >= 0.3 is 0 Å². The average Bonchev–Trinajstić information content (AvgIpc) is 3.16. The van der Waals surface area contributed by atoms with E-state index in [-0.39, 0.29) is 21.8 Å². The minimum Gasteiger partial charge on any atom is -0.308 e. The van der Waals surface area contributed by atoms with Gasteiger partial charge < -0.3 is 4.57 Å². The molecule has 0 unspecified atom stereocenters. The van der Waals surface area contributed by atoms with Crippen LogP contribution in [0.2, 0.25) is 0 Å². The Morgan fingerprint density at radius 2 is 1.85 bits per heavy atom. The third kappa shape index (κ3) is 4.81. The SMILES string of the molecule is CCCn1c(/N=C/c2cc([N+](=O)[O-])ccc2NS(=O)(=O)c2ccc(C)cc2)nc2ccccc21. The van der Waals surface area contributed by atoms with Gasteiger partial charge in [0.25, 0.3) is 15.7 Å². The Bertz CT molecular complexity index is 1490. The number of nitro benzene ring substituents is 1. The highest BCUT2D eigenvalue weighted by Gasteiger charge is 2.18. The van der Waals surface area contributed by atoms with Gasteiger partial charge in [0, 0.05) is 30.5 Å². The van der Waals surface area contributed by atoms with Crippen molar-refractivity contribution in [2.75, 3.05) is 4.72 Å². The summed E-state index contributed by atoms with van der Waals surface area (Å²) in [6.07, 6.45) is 2.26. The number of nitrogens with one attached hydrogen (secondary N) is 1. The fraction of sp³-hybridized carbons (Fsp3) is 0.167. The highest BCUT2D eigenvalue weighted by atomic mass is 32.2. The van der Waals surface area contributed by atoms with Crippen LogP contribution in [-0.4, -0.2) is 29.1 Å². The molecule has 0 saturated carbocycles. The molecule has 4 rings (SSSR count). The normalized spacial score (nSPS) is 11.8. The van der Waals surface area contributed by atoms with Gasteiger partial charge in [-0.2, -0.15) is 0 Å². The molecular weight excluding hydrogens is 454 g/mol. The Kier molecular flexibility index (Phi) is 6.42. The van der Waals surface area contributed by atoms with Gasteiger partial charge in [-0.15, -0.1) is 0 Å². The summed E-state index contributed by atoms with van der Waals surface area (Å²) in [5.41, 5.74) is 2.88. The zero-order valence-corrected chi connectivity index (χ0v) is 19.5. The van der Waals surface area contributed by atoms with Crippen LogP contribution in [0, 0.1) is 17.0 Å². The number of non-ortho nitro benzene ring substituents is 1. The maximum Gasteiger partial charge on any atom is 0.270 e. The van der Waals surface area contributed by atoms with E-state index in [4.69, 9.17) is 0 Å². The lowest BCUT2D eigenvalue weighted by Gasteiger charge is -2.11. The second-order valence-electron chi connectivity index (χ2n) is 7.76. The summed E-state index contributed by atoms with van der Waals surface area (Å²) >= 11 is 0. The molecule has 0 saturated heterocycles. The van der Waals surface area contributed by atoms with Crippen molar-refractivity contribution >= 4 is 44.6 Å². The number of nitrogens with zero attached hydrogens (tertiary/aromatic N) is 4. The van der Waals surface area contributed by atoms with Crippen LogP contribution in [0.3, 0.4) is 0 Å². The van der Waals surface area contributed by atoms with Crippen molar-refractivity contribution in [3.8, 4) is 0 Å². The summed E-state index contributed by atoms with van der Waals surface area (Å²) < 4.78 is 30.3. The number of aliphatic imine (C=N–C) groups is 1. The fourth-order valence-corrected chi connectivity index (χ4v) is 4.60. The average molecular weight is 478 g/mol. The van der Waals surface area contributed by atoms with Crippen molar-refractivity contribution < 1.29 is 13.3 Å². The number of hydrogen-bond donors (Lipinski definition) is 1.